The zero-order valence-corrected chi connectivity index (χ0v) is 18.9. The van der Waals surface area contributed by atoms with Gasteiger partial charge in [0.25, 0.3) is 0 Å². The van der Waals surface area contributed by atoms with E-state index in [1.165, 1.54) is 5.56 Å². The summed E-state index contributed by atoms with van der Waals surface area (Å²) in [5, 5.41) is 0. The maximum Gasteiger partial charge on any atom is 0.135 e. The van der Waals surface area contributed by atoms with Crippen LogP contribution in [0.2, 0.25) is 0 Å². The molecule has 26 heavy (non-hydrogen) atoms. The van der Waals surface area contributed by atoms with Crippen LogP contribution in [0.5, 0.6) is 5.75 Å². The van der Waals surface area contributed by atoms with Gasteiger partial charge in [0, 0.05) is 12.3 Å². The summed E-state index contributed by atoms with van der Waals surface area (Å²) in [7, 11) is 0. The van der Waals surface area contributed by atoms with E-state index in [0.29, 0.717) is 18.1 Å². The fraction of sp³-hybridized carbons (Fsp3) is 0.625. The van der Waals surface area contributed by atoms with Crippen LogP contribution in [-0.4, -0.2) is 12.4 Å². The highest BCUT2D eigenvalue weighted by Gasteiger charge is 2.06. The Balaban J connectivity index is -0.000000663. The molecule has 0 bridgehead atoms. The van der Waals surface area contributed by atoms with Gasteiger partial charge in [-0.3, -0.25) is 4.79 Å². The molecule has 0 saturated heterocycles. The Morgan fingerprint density at radius 2 is 1.65 bits per heavy atom. The number of carbonyl (C=O) groups excluding carboxylic acids is 1. The van der Waals surface area contributed by atoms with Crippen molar-refractivity contribution in [2.75, 3.05) is 6.61 Å². The third-order valence-corrected chi connectivity index (χ3v) is 3.01. The van der Waals surface area contributed by atoms with Gasteiger partial charge in [-0.15, -0.1) is 6.58 Å². The second kappa shape index (κ2) is 21.5. The SMILES string of the molecule is C=CC.CC.CC.CC(C)COc1cccc(CCCC(=O)C(C)C)c1. The van der Waals surface area contributed by atoms with Gasteiger partial charge in [0.2, 0.25) is 0 Å². The first-order chi connectivity index (χ1) is 12.4. The first-order valence-electron chi connectivity index (χ1n) is 10.2. The number of carbonyl (C=O) groups is 1. The molecule has 0 fully saturated rings. The Kier molecular flexibility index (Phi) is 24.1. The van der Waals surface area contributed by atoms with Gasteiger partial charge >= 0.3 is 0 Å². The molecule has 1 aromatic rings. The Bertz CT molecular complexity index is 434. The molecule has 0 heterocycles. The second-order valence-corrected chi connectivity index (χ2v) is 6.24. The molecule has 0 N–H and O–H groups in total. The van der Waals surface area contributed by atoms with Crippen molar-refractivity contribution in [2.45, 2.75) is 81.6 Å². The molecule has 152 valence electrons. The van der Waals surface area contributed by atoms with E-state index in [0.717, 1.165) is 25.2 Å². The quantitative estimate of drug-likeness (QED) is 0.446. The van der Waals surface area contributed by atoms with Crippen LogP contribution in [0, 0.1) is 11.8 Å². The molecule has 0 saturated carbocycles. The minimum Gasteiger partial charge on any atom is -0.493 e. The summed E-state index contributed by atoms with van der Waals surface area (Å²) in [5.41, 5.74) is 1.25. The third kappa shape index (κ3) is 18.8. The molecule has 0 unspecified atom stereocenters. The molecule has 2 heteroatoms. The number of hydrogen-bond acceptors (Lipinski definition) is 2. The largest absolute Gasteiger partial charge is 0.493 e. The molecule has 0 spiro atoms. The predicted molar refractivity (Wildman–Crippen MR) is 118 cm³/mol. The van der Waals surface area contributed by atoms with Crippen molar-refractivity contribution < 1.29 is 9.53 Å². The molecule has 0 aliphatic rings. The number of rotatable bonds is 8. The van der Waals surface area contributed by atoms with E-state index in [1.54, 1.807) is 6.08 Å². The lowest BCUT2D eigenvalue weighted by atomic mass is 10.0. The monoisotopic (exact) mass is 364 g/mol. The Morgan fingerprint density at radius 3 is 2.12 bits per heavy atom. The minimum atomic E-state index is 0.153. The van der Waals surface area contributed by atoms with Crippen molar-refractivity contribution in [3.8, 4) is 5.75 Å². The number of hydrogen-bond donors (Lipinski definition) is 0. The van der Waals surface area contributed by atoms with E-state index in [9.17, 15) is 4.79 Å². The van der Waals surface area contributed by atoms with Crippen molar-refractivity contribution in [1.29, 1.82) is 0 Å². The van der Waals surface area contributed by atoms with Gasteiger partial charge < -0.3 is 4.74 Å². The molecular weight excluding hydrogens is 320 g/mol. The lowest BCUT2D eigenvalue weighted by molar-refractivity contribution is -0.121. The minimum absolute atomic E-state index is 0.153. The third-order valence-electron chi connectivity index (χ3n) is 3.01. The molecule has 0 aliphatic carbocycles. The molecule has 2 nitrogen and oxygen atoms in total. The van der Waals surface area contributed by atoms with Gasteiger partial charge in [-0.1, -0.05) is 73.6 Å². The van der Waals surface area contributed by atoms with Crippen molar-refractivity contribution in [3.63, 3.8) is 0 Å². The maximum absolute atomic E-state index is 11.6. The summed E-state index contributed by atoms with van der Waals surface area (Å²) in [6, 6.07) is 8.20. The van der Waals surface area contributed by atoms with E-state index in [4.69, 9.17) is 4.74 Å². The summed E-state index contributed by atoms with van der Waals surface area (Å²) in [6.45, 7) is 22.2. The van der Waals surface area contributed by atoms with Crippen LogP contribution in [-0.2, 0) is 11.2 Å². The fourth-order valence-electron chi connectivity index (χ4n) is 1.81. The van der Waals surface area contributed by atoms with Crippen LogP contribution < -0.4 is 4.74 Å². The molecule has 0 radical (unpaired) electrons. The van der Waals surface area contributed by atoms with Crippen molar-refractivity contribution in [1.82, 2.24) is 0 Å². The first-order valence-corrected chi connectivity index (χ1v) is 10.2. The summed E-state index contributed by atoms with van der Waals surface area (Å²) in [4.78, 5) is 11.6. The Labute approximate surface area is 164 Å². The van der Waals surface area contributed by atoms with Crippen LogP contribution >= 0.6 is 0 Å². The summed E-state index contributed by atoms with van der Waals surface area (Å²) < 4.78 is 5.71. The van der Waals surface area contributed by atoms with Crippen LogP contribution in [0.1, 0.15) is 80.7 Å². The van der Waals surface area contributed by atoms with Gasteiger partial charge in [-0.2, -0.15) is 0 Å². The van der Waals surface area contributed by atoms with E-state index >= 15 is 0 Å². The van der Waals surface area contributed by atoms with E-state index < -0.39 is 0 Å². The highest BCUT2D eigenvalue weighted by atomic mass is 16.5. The van der Waals surface area contributed by atoms with Gasteiger partial charge in [-0.25, -0.2) is 0 Å². The summed E-state index contributed by atoms with van der Waals surface area (Å²) >= 11 is 0. The zero-order chi connectivity index (χ0) is 21.0. The van der Waals surface area contributed by atoms with Crippen molar-refractivity contribution in [3.05, 3.63) is 42.5 Å². The van der Waals surface area contributed by atoms with E-state index in [-0.39, 0.29) is 5.92 Å². The van der Waals surface area contributed by atoms with Crippen LogP contribution in [0.3, 0.4) is 0 Å². The number of ketones is 1. The molecule has 1 aromatic carbocycles. The average molecular weight is 365 g/mol. The molecule has 0 atom stereocenters. The lowest BCUT2D eigenvalue weighted by Gasteiger charge is -2.10. The standard InChI is InChI=1S/C17H26O2.C3H6.2C2H6/c1-13(2)12-19-16-9-5-7-15(11-16)8-6-10-17(18)14(3)4;1-3-2;2*1-2/h5,7,9,11,13-14H,6,8,10,12H2,1-4H3;3H,1H2,2H3;2*1-2H3. The fourth-order valence-corrected chi connectivity index (χ4v) is 1.81. The van der Waals surface area contributed by atoms with Crippen molar-refractivity contribution in [2.24, 2.45) is 11.8 Å². The number of ether oxygens (including phenoxy) is 1. The number of benzene rings is 1. The maximum atomic E-state index is 11.6. The lowest BCUT2D eigenvalue weighted by Crippen LogP contribution is -2.07. The molecule has 0 aromatic heterocycles. The number of Topliss-reactive ketones (excluding diaryl/α,β-unsaturated/α-hetero) is 1. The Hall–Kier alpha value is -1.57. The van der Waals surface area contributed by atoms with Crippen molar-refractivity contribution >= 4 is 5.78 Å². The second-order valence-electron chi connectivity index (χ2n) is 6.24. The van der Waals surface area contributed by atoms with E-state index in [2.05, 4.69) is 32.6 Å². The zero-order valence-electron chi connectivity index (χ0n) is 18.9. The van der Waals surface area contributed by atoms with Gasteiger partial charge in [0.1, 0.15) is 11.5 Å². The Morgan fingerprint density at radius 1 is 1.12 bits per heavy atom. The van der Waals surface area contributed by atoms with Gasteiger partial charge in [0.15, 0.2) is 0 Å². The summed E-state index contributed by atoms with van der Waals surface area (Å²) in [5.74, 6) is 1.97. The number of aryl methyl sites for hydroxylation is 1. The van der Waals surface area contributed by atoms with E-state index in [1.807, 2.05) is 60.6 Å². The molecule has 0 aliphatic heterocycles. The predicted octanol–water partition coefficient (Wildman–Crippen LogP) is 7.51. The number of allylic oxidation sites excluding steroid dienone is 1. The molecule has 0 amide bonds. The molecular formula is C24H44O2. The van der Waals surface area contributed by atoms with Crippen LogP contribution in [0.4, 0.5) is 0 Å². The normalized spacial score (nSPS) is 9.04. The highest BCUT2D eigenvalue weighted by molar-refractivity contribution is 5.80. The first kappa shape index (κ1) is 29.2. The van der Waals surface area contributed by atoms with Gasteiger partial charge in [0.05, 0.1) is 6.61 Å². The topological polar surface area (TPSA) is 26.3 Å². The van der Waals surface area contributed by atoms with Gasteiger partial charge in [-0.05, 0) is 43.4 Å². The average Bonchev–Trinajstić information content (AvgIpc) is 2.64. The smallest absolute Gasteiger partial charge is 0.135 e. The van der Waals surface area contributed by atoms with Crippen LogP contribution in [0.25, 0.3) is 0 Å². The van der Waals surface area contributed by atoms with Crippen LogP contribution in [0.15, 0.2) is 36.9 Å². The summed E-state index contributed by atoms with van der Waals surface area (Å²) in [6.07, 6.45) is 4.29. The molecule has 1 rings (SSSR count). The highest BCUT2D eigenvalue weighted by Crippen LogP contribution is 2.16.